The van der Waals surface area contributed by atoms with Crippen molar-refractivity contribution < 1.29 is 19.1 Å². The molecule has 150 valence electrons. The SMILES string of the molecule is Cc1ccc(C2NC(=O)N(CC(=O)NCCC(C)C)C3=C2C(=O)OC3)cc1C. The van der Waals surface area contributed by atoms with Crippen LogP contribution >= 0.6 is 0 Å². The minimum absolute atomic E-state index is 0.00219. The van der Waals surface area contributed by atoms with Crippen LogP contribution in [0.1, 0.15) is 43.0 Å². The van der Waals surface area contributed by atoms with E-state index in [1.807, 2.05) is 32.0 Å². The largest absolute Gasteiger partial charge is 0.456 e. The fourth-order valence-electron chi connectivity index (χ4n) is 3.37. The fourth-order valence-corrected chi connectivity index (χ4v) is 3.37. The van der Waals surface area contributed by atoms with Gasteiger partial charge in [-0.05, 0) is 42.9 Å². The highest BCUT2D eigenvalue weighted by molar-refractivity contribution is 5.98. The molecule has 2 aliphatic heterocycles. The van der Waals surface area contributed by atoms with Gasteiger partial charge in [-0.15, -0.1) is 0 Å². The second kappa shape index (κ2) is 8.04. The lowest BCUT2D eigenvalue weighted by Crippen LogP contribution is -2.50. The zero-order valence-electron chi connectivity index (χ0n) is 16.8. The van der Waals surface area contributed by atoms with E-state index in [9.17, 15) is 14.4 Å². The molecule has 0 radical (unpaired) electrons. The Morgan fingerprint density at radius 3 is 2.71 bits per heavy atom. The number of urea groups is 1. The average Bonchev–Trinajstić information content (AvgIpc) is 3.01. The number of cyclic esters (lactones) is 1. The highest BCUT2D eigenvalue weighted by Gasteiger charge is 2.42. The lowest BCUT2D eigenvalue weighted by molar-refractivity contribution is -0.136. The summed E-state index contributed by atoms with van der Waals surface area (Å²) in [5, 5.41) is 5.68. The van der Waals surface area contributed by atoms with E-state index in [0.29, 0.717) is 23.7 Å². The predicted octanol–water partition coefficient (Wildman–Crippen LogP) is 2.34. The van der Waals surface area contributed by atoms with Crippen LogP contribution in [0, 0.1) is 19.8 Å². The van der Waals surface area contributed by atoms with Crippen molar-refractivity contribution in [3.05, 3.63) is 46.2 Å². The van der Waals surface area contributed by atoms with Gasteiger partial charge in [-0.25, -0.2) is 9.59 Å². The number of nitrogens with zero attached hydrogens (tertiary/aromatic N) is 1. The number of carbonyl (C=O) groups excluding carboxylic acids is 3. The van der Waals surface area contributed by atoms with Gasteiger partial charge in [-0.2, -0.15) is 0 Å². The average molecular weight is 385 g/mol. The number of ether oxygens (including phenoxy) is 1. The molecule has 1 unspecified atom stereocenters. The summed E-state index contributed by atoms with van der Waals surface area (Å²) in [6.07, 6.45) is 0.863. The summed E-state index contributed by atoms with van der Waals surface area (Å²) in [6.45, 7) is 8.57. The van der Waals surface area contributed by atoms with Crippen LogP contribution in [-0.4, -0.2) is 42.5 Å². The Morgan fingerprint density at radius 1 is 1.29 bits per heavy atom. The molecule has 0 aromatic heterocycles. The summed E-state index contributed by atoms with van der Waals surface area (Å²) in [6, 6.07) is 4.85. The summed E-state index contributed by atoms with van der Waals surface area (Å²) in [5.74, 6) is -0.234. The second-order valence-electron chi connectivity index (χ2n) is 7.78. The van der Waals surface area contributed by atoms with Crippen LogP contribution in [-0.2, 0) is 14.3 Å². The molecule has 0 spiro atoms. The molecule has 1 aromatic rings. The number of hydrogen-bond acceptors (Lipinski definition) is 4. The third-order valence-corrected chi connectivity index (χ3v) is 5.21. The lowest BCUT2D eigenvalue weighted by atomic mass is 9.93. The number of benzene rings is 1. The third kappa shape index (κ3) is 4.03. The molecule has 2 heterocycles. The van der Waals surface area contributed by atoms with Crippen molar-refractivity contribution in [2.45, 2.75) is 40.2 Å². The van der Waals surface area contributed by atoms with Crippen molar-refractivity contribution in [1.82, 2.24) is 15.5 Å². The maximum atomic E-state index is 12.7. The number of amides is 3. The normalized spacial score (nSPS) is 18.9. The molecule has 0 saturated carbocycles. The number of nitrogens with one attached hydrogen (secondary N) is 2. The predicted molar refractivity (Wildman–Crippen MR) is 104 cm³/mol. The zero-order chi connectivity index (χ0) is 20.4. The number of aryl methyl sites for hydroxylation is 2. The van der Waals surface area contributed by atoms with Gasteiger partial charge in [-0.3, -0.25) is 9.69 Å². The summed E-state index contributed by atoms with van der Waals surface area (Å²) < 4.78 is 5.20. The first-order valence-electron chi connectivity index (χ1n) is 9.60. The van der Waals surface area contributed by atoms with Crippen LogP contribution in [0.15, 0.2) is 29.5 Å². The number of carbonyl (C=O) groups is 3. The molecule has 1 atom stereocenters. The molecule has 3 amide bonds. The van der Waals surface area contributed by atoms with Gasteiger partial charge in [0.25, 0.3) is 0 Å². The molecule has 2 N–H and O–H groups in total. The van der Waals surface area contributed by atoms with E-state index in [2.05, 4.69) is 24.5 Å². The Hall–Kier alpha value is -2.83. The van der Waals surface area contributed by atoms with E-state index >= 15 is 0 Å². The highest BCUT2D eigenvalue weighted by Crippen LogP contribution is 2.35. The van der Waals surface area contributed by atoms with E-state index in [4.69, 9.17) is 4.74 Å². The van der Waals surface area contributed by atoms with Crippen LogP contribution < -0.4 is 10.6 Å². The van der Waals surface area contributed by atoms with Crippen LogP contribution in [0.25, 0.3) is 0 Å². The van der Waals surface area contributed by atoms with E-state index in [-0.39, 0.29) is 19.1 Å². The Kier molecular flexibility index (Phi) is 5.72. The molecular formula is C21H27N3O4. The molecule has 0 fully saturated rings. The van der Waals surface area contributed by atoms with E-state index in [1.54, 1.807) is 0 Å². The standard InChI is InChI=1S/C21H27N3O4/c1-12(2)7-8-22-17(25)10-24-16-11-28-20(26)18(16)19(23-21(24)27)15-6-5-13(3)14(4)9-15/h5-6,9,12,19H,7-8,10-11H2,1-4H3,(H,22,25)(H,23,27). The molecule has 1 aromatic carbocycles. The molecule has 3 rings (SSSR count). The topological polar surface area (TPSA) is 87.7 Å². The maximum absolute atomic E-state index is 12.7. The minimum atomic E-state index is -0.572. The first-order chi connectivity index (χ1) is 13.3. The first kappa shape index (κ1) is 19.9. The van der Waals surface area contributed by atoms with E-state index in [1.165, 1.54) is 4.90 Å². The number of hydrogen-bond donors (Lipinski definition) is 2. The van der Waals surface area contributed by atoms with Crippen molar-refractivity contribution in [2.75, 3.05) is 19.7 Å². The molecule has 28 heavy (non-hydrogen) atoms. The van der Waals surface area contributed by atoms with Crippen LogP contribution in [0.5, 0.6) is 0 Å². The van der Waals surface area contributed by atoms with Gasteiger partial charge < -0.3 is 15.4 Å². The van der Waals surface area contributed by atoms with Crippen LogP contribution in [0.4, 0.5) is 4.79 Å². The van der Waals surface area contributed by atoms with Crippen molar-refractivity contribution in [3.8, 4) is 0 Å². The van der Waals surface area contributed by atoms with Crippen molar-refractivity contribution >= 4 is 17.9 Å². The fraction of sp³-hybridized carbons (Fsp3) is 0.476. The van der Waals surface area contributed by atoms with Crippen LogP contribution in [0.3, 0.4) is 0 Å². The molecule has 0 aliphatic carbocycles. The first-order valence-corrected chi connectivity index (χ1v) is 9.60. The van der Waals surface area contributed by atoms with Crippen molar-refractivity contribution in [2.24, 2.45) is 5.92 Å². The Morgan fingerprint density at radius 2 is 2.04 bits per heavy atom. The van der Waals surface area contributed by atoms with E-state index in [0.717, 1.165) is 23.1 Å². The van der Waals surface area contributed by atoms with Gasteiger partial charge >= 0.3 is 12.0 Å². The Balaban J connectivity index is 1.83. The third-order valence-electron chi connectivity index (χ3n) is 5.21. The smallest absolute Gasteiger partial charge is 0.338 e. The maximum Gasteiger partial charge on any atom is 0.338 e. The summed E-state index contributed by atoms with van der Waals surface area (Å²) in [7, 11) is 0. The van der Waals surface area contributed by atoms with Gasteiger partial charge in [0.1, 0.15) is 13.2 Å². The van der Waals surface area contributed by atoms with Gasteiger partial charge in [0, 0.05) is 6.54 Å². The summed E-state index contributed by atoms with van der Waals surface area (Å²) in [4.78, 5) is 38.7. The van der Waals surface area contributed by atoms with Crippen molar-refractivity contribution in [1.29, 1.82) is 0 Å². The molecule has 0 saturated heterocycles. The number of esters is 1. The lowest BCUT2D eigenvalue weighted by Gasteiger charge is -2.32. The number of rotatable bonds is 6. The van der Waals surface area contributed by atoms with Gasteiger partial charge in [0.05, 0.1) is 17.3 Å². The second-order valence-corrected chi connectivity index (χ2v) is 7.78. The van der Waals surface area contributed by atoms with Gasteiger partial charge in [0.15, 0.2) is 0 Å². The summed E-state index contributed by atoms with van der Waals surface area (Å²) >= 11 is 0. The minimum Gasteiger partial charge on any atom is -0.456 e. The summed E-state index contributed by atoms with van der Waals surface area (Å²) in [5.41, 5.74) is 3.90. The Bertz CT molecular complexity index is 844. The zero-order valence-corrected chi connectivity index (χ0v) is 16.8. The Labute approximate surface area is 165 Å². The molecule has 7 nitrogen and oxygen atoms in total. The quantitative estimate of drug-likeness (QED) is 0.736. The molecular weight excluding hydrogens is 358 g/mol. The van der Waals surface area contributed by atoms with Gasteiger partial charge in [0.2, 0.25) is 5.91 Å². The van der Waals surface area contributed by atoms with E-state index < -0.39 is 18.0 Å². The highest BCUT2D eigenvalue weighted by atomic mass is 16.5. The molecule has 0 bridgehead atoms. The van der Waals surface area contributed by atoms with Gasteiger partial charge in [-0.1, -0.05) is 32.0 Å². The van der Waals surface area contributed by atoms with Crippen LogP contribution in [0.2, 0.25) is 0 Å². The monoisotopic (exact) mass is 385 g/mol. The molecule has 7 heteroatoms. The van der Waals surface area contributed by atoms with Crippen molar-refractivity contribution in [3.63, 3.8) is 0 Å². The molecule has 2 aliphatic rings.